The second-order valence-corrected chi connectivity index (χ2v) is 6.83. The molecule has 0 aliphatic rings. The molecule has 1 unspecified atom stereocenters. The minimum atomic E-state index is -4.32. The number of carbonyl (C=O) groups is 1. The van der Waals surface area contributed by atoms with E-state index in [4.69, 9.17) is 5.11 Å². The maximum atomic E-state index is 11.7. The van der Waals surface area contributed by atoms with Crippen molar-refractivity contribution in [1.82, 2.24) is 0 Å². The van der Waals surface area contributed by atoms with Gasteiger partial charge in [-0.15, -0.1) is 0 Å². The summed E-state index contributed by atoms with van der Waals surface area (Å²) in [5.74, 6) is -2.86. The molecule has 0 amide bonds. The van der Waals surface area contributed by atoms with E-state index in [0.29, 0.717) is 0 Å². The van der Waals surface area contributed by atoms with Crippen LogP contribution in [0.2, 0.25) is 0 Å². The molecular weight excluding hydrogens is 298 g/mol. The lowest BCUT2D eigenvalue weighted by Gasteiger charge is -2.04. The Morgan fingerprint density at radius 1 is 1.47 bits per heavy atom. The standard InChI is InChI=1S/C9H9NO7S2/c1-18(15)6-2-3-8(7(4-6)10(13)14)19(16,17)5-9(11)12/h2-4H,5H2,1H3,(H,11,12). The van der Waals surface area contributed by atoms with Crippen LogP contribution < -0.4 is 0 Å². The zero-order chi connectivity index (χ0) is 14.8. The van der Waals surface area contributed by atoms with E-state index in [1.165, 1.54) is 6.26 Å². The molecule has 10 heteroatoms. The highest BCUT2D eigenvalue weighted by Crippen LogP contribution is 2.27. The normalized spacial score (nSPS) is 12.9. The molecule has 1 rings (SSSR count). The molecule has 0 saturated carbocycles. The van der Waals surface area contributed by atoms with Crippen LogP contribution >= 0.6 is 0 Å². The molecule has 0 bridgehead atoms. The van der Waals surface area contributed by atoms with Gasteiger partial charge in [-0.2, -0.15) is 0 Å². The zero-order valence-electron chi connectivity index (χ0n) is 9.60. The molecule has 0 aromatic heterocycles. The van der Waals surface area contributed by atoms with Gasteiger partial charge >= 0.3 is 5.97 Å². The average molecular weight is 307 g/mol. The number of benzene rings is 1. The van der Waals surface area contributed by atoms with E-state index >= 15 is 0 Å². The number of hydrogen-bond donors (Lipinski definition) is 1. The van der Waals surface area contributed by atoms with Gasteiger partial charge in [-0.3, -0.25) is 19.1 Å². The molecule has 8 nitrogen and oxygen atoms in total. The van der Waals surface area contributed by atoms with E-state index in [1.54, 1.807) is 0 Å². The number of aliphatic carboxylic acids is 1. The second-order valence-electron chi connectivity index (χ2n) is 3.49. The Labute approximate surface area is 110 Å². The number of rotatable bonds is 5. The fraction of sp³-hybridized carbons (Fsp3) is 0.222. The van der Waals surface area contributed by atoms with E-state index in [-0.39, 0.29) is 4.90 Å². The van der Waals surface area contributed by atoms with Crippen molar-refractivity contribution >= 4 is 32.3 Å². The van der Waals surface area contributed by atoms with Crippen LogP contribution in [0.15, 0.2) is 28.0 Å². The highest BCUT2D eigenvalue weighted by Gasteiger charge is 2.28. The molecule has 0 radical (unpaired) electrons. The number of carboxylic acid groups (broad SMARTS) is 1. The molecule has 1 atom stereocenters. The molecule has 0 fully saturated rings. The minimum absolute atomic E-state index is 0.0842. The second kappa shape index (κ2) is 5.45. The number of nitro benzene ring substituents is 1. The fourth-order valence-corrected chi connectivity index (χ4v) is 3.07. The van der Waals surface area contributed by atoms with E-state index < -0.39 is 47.9 Å². The molecule has 0 saturated heterocycles. The summed E-state index contributed by atoms with van der Waals surface area (Å²) in [5.41, 5.74) is -0.783. The van der Waals surface area contributed by atoms with Crippen molar-refractivity contribution < 1.29 is 27.5 Å². The van der Waals surface area contributed by atoms with Gasteiger partial charge in [-0.05, 0) is 12.1 Å². The maximum absolute atomic E-state index is 11.7. The molecular formula is C9H9NO7S2. The Kier molecular flexibility index (Phi) is 4.37. The summed E-state index contributed by atoms with van der Waals surface area (Å²) in [5, 5.41) is 19.3. The molecule has 0 spiro atoms. The van der Waals surface area contributed by atoms with Crippen molar-refractivity contribution in [2.45, 2.75) is 9.79 Å². The number of sulfone groups is 1. The smallest absolute Gasteiger partial charge is 0.319 e. The highest BCUT2D eigenvalue weighted by molar-refractivity contribution is 7.92. The first-order chi connectivity index (χ1) is 8.65. The van der Waals surface area contributed by atoms with Crippen molar-refractivity contribution in [2.24, 2.45) is 0 Å². The number of hydrogen-bond acceptors (Lipinski definition) is 6. The van der Waals surface area contributed by atoms with E-state index in [9.17, 15) is 27.5 Å². The third-order valence-corrected chi connectivity index (χ3v) is 4.67. The monoisotopic (exact) mass is 307 g/mol. The summed E-state index contributed by atoms with van der Waals surface area (Å²) >= 11 is 0. The van der Waals surface area contributed by atoms with Crippen LogP contribution in [-0.4, -0.2) is 40.6 Å². The van der Waals surface area contributed by atoms with Crippen LogP contribution in [0.5, 0.6) is 0 Å². The SMILES string of the molecule is CS(=O)c1ccc(S(=O)(=O)CC(=O)O)c([N+](=O)[O-])c1. The molecule has 1 aromatic rings. The predicted molar refractivity (Wildman–Crippen MR) is 65.1 cm³/mol. The number of nitrogens with zero attached hydrogens (tertiary/aromatic N) is 1. The van der Waals surface area contributed by atoms with Crippen LogP contribution in [0.3, 0.4) is 0 Å². The van der Waals surface area contributed by atoms with Crippen LogP contribution in [-0.2, 0) is 25.4 Å². The Balaban J connectivity index is 3.48. The maximum Gasteiger partial charge on any atom is 0.319 e. The van der Waals surface area contributed by atoms with Gasteiger partial charge in [0.25, 0.3) is 5.69 Å². The van der Waals surface area contributed by atoms with Crippen LogP contribution in [0.4, 0.5) is 5.69 Å². The van der Waals surface area contributed by atoms with Crippen molar-refractivity contribution in [3.63, 3.8) is 0 Å². The minimum Gasteiger partial charge on any atom is -0.480 e. The van der Waals surface area contributed by atoms with Crippen LogP contribution in [0.25, 0.3) is 0 Å². The molecule has 19 heavy (non-hydrogen) atoms. The quantitative estimate of drug-likeness (QED) is 0.606. The largest absolute Gasteiger partial charge is 0.480 e. The van der Waals surface area contributed by atoms with Gasteiger partial charge < -0.3 is 5.11 Å². The first kappa shape index (κ1) is 15.2. The van der Waals surface area contributed by atoms with E-state index in [0.717, 1.165) is 18.2 Å². The van der Waals surface area contributed by atoms with Gasteiger partial charge in [0.15, 0.2) is 15.6 Å². The Morgan fingerprint density at radius 2 is 2.05 bits per heavy atom. The van der Waals surface area contributed by atoms with Crippen LogP contribution in [0.1, 0.15) is 0 Å². The lowest BCUT2D eigenvalue weighted by molar-refractivity contribution is -0.388. The predicted octanol–water partition coefficient (Wildman–Crippen LogP) is 0.191. The molecule has 1 N–H and O–H groups in total. The third kappa shape index (κ3) is 3.58. The van der Waals surface area contributed by atoms with Gasteiger partial charge in [-0.1, -0.05) is 0 Å². The van der Waals surface area contributed by atoms with Crippen LogP contribution in [0, 0.1) is 10.1 Å². The molecule has 0 aliphatic carbocycles. The van der Waals surface area contributed by atoms with E-state index in [2.05, 4.69) is 0 Å². The Morgan fingerprint density at radius 3 is 2.47 bits per heavy atom. The van der Waals surface area contributed by atoms with Crippen molar-refractivity contribution in [1.29, 1.82) is 0 Å². The topological polar surface area (TPSA) is 132 Å². The molecule has 0 aliphatic heterocycles. The summed E-state index contributed by atoms with van der Waals surface area (Å²) in [6.45, 7) is 0. The lowest BCUT2D eigenvalue weighted by Crippen LogP contribution is -2.16. The average Bonchev–Trinajstić information content (AvgIpc) is 2.26. The zero-order valence-corrected chi connectivity index (χ0v) is 11.2. The van der Waals surface area contributed by atoms with Gasteiger partial charge in [0.05, 0.1) is 15.7 Å². The summed E-state index contributed by atoms with van der Waals surface area (Å²) in [4.78, 5) is 19.7. The highest BCUT2D eigenvalue weighted by atomic mass is 32.2. The molecule has 0 heterocycles. The van der Waals surface area contributed by atoms with Crippen molar-refractivity contribution in [3.8, 4) is 0 Å². The molecule has 104 valence electrons. The number of nitro groups is 1. The molecule has 1 aromatic carbocycles. The fourth-order valence-electron chi connectivity index (χ4n) is 1.32. The van der Waals surface area contributed by atoms with Crippen molar-refractivity contribution in [2.75, 3.05) is 12.0 Å². The summed E-state index contributed by atoms with van der Waals surface area (Å²) in [7, 11) is -5.83. The summed E-state index contributed by atoms with van der Waals surface area (Å²) in [6, 6.07) is 2.91. The summed E-state index contributed by atoms with van der Waals surface area (Å²) in [6.07, 6.45) is 1.28. The van der Waals surface area contributed by atoms with Gasteiger partial charge in [0.1, 0.15) is 4.90 Å². The first-order valence-corrected chi connectivity index (χ1v) is 7.92. The number of carboxylic acids is 1. The lowest BCUT2D eigenvalue weighted by atomic mass is 10.3. The van der Waals surface area contributed by atoms with E-state index in [1.807, 2.05) is 0 Å². The summed E-state index contributed by atoms with van der Waals surface area (Å²) < 4.78 is 34.6. The van der Waals surface area contributed by atoms with Gasteiger partial charge in [0, 0.05) is 17.2 Å². The Hall–Kier alpha value is -1.81. The Bertz CT molecular complexity index is 665. The first-order valence-electron chi connectivity index (χ1n) is 4.71. The third-order valence-electron chi connectivity index (χ3n) is 2.11. The van der Waals surface area contributed by atoms with Crippen molar-refractivity contribution in [3.05, 3.63) is 28.3 Å². The van der Waals surface area contributed by atoms with Gasteiger partial charge in [0.2, 0.25) is 0 Å². The van der Waals surface area contributed by atoms with Gasteiger partial charge in [-0.25, -0.2) is 8.42 Å².